The lowest BCUT2D eigenvalue weighted by Crippen LogP contribution is -2.46. The Kier molecular flexibility index (Phi) is 11.6. The zero-order chi connectivity index (χ0) is 20.4. The van der Waals surface area contributed by atoms with E-state index in [1.54, 1.807) is 7.05 Å². The predicted molar refractivity (Wildman–Crippen MR) is 128 cm³/mol. The minimum atomic E-state index is -0.0504. The molecule has 29 heavy (non-hydrogen) atoms. The lowest BCUT2D eigenvalue weighted by molar-refractivity contribution is -0.121. The van der Waals surface area contributed by atoms with E-state index in [1.807, 2.05) is 31.2 Å². The molecule has 1 aromatic carbocycles. The van der Waals surface area contributed by atoms with Crippen LogP contribution in [0.2, 0.25) is 0 Å². The van der Waals surface area contributed by atoms with Crippen molar-refractivity contribution in [3.63, 3.8) is 0 Å². The number of carbonyl (C=O) groups excluding carboxylic acids is 2. The molecule has 1 aliphatic rings. The molecule has 0 unspecified atom stereocenters. The van der Waals surface area contributed by atoms with E-state index < -0.39 is 0 Å². The highest BCUT2D eigenvalue weighted by atomic mass is 127. The number of piperidine rings is 1. The van der Waals surface area contributed by atoms with Gasteiger partial charge in [-0.25, -0.2) is 4.99 Å². The predicted octanol–water partition coefficient (Wildman–Crippen LogP) is 2.37. The van der Waals surface area contributed by atoms with Crippen molar-refractivity contribution >= 4 is 41.8 Å². The molecule has 3 N–H and O–H groups in total. The first kappa shape index (κ1) is 25.2. The van der Waals surface area contributed by atoms with Gasteiger partial charge in [0.2, 0.25) is 5.91 Å². The van der Waals surface area contributed by atoms with Gasteiger partial charge in [-0.2, -0.15) is 0 Å². The summed E-state index contributed by atoms with van der Waals surface area (Å²) in [4.78, 5) is 30.5. The highest BCUT2D eigenvalue weighted by Gasteiger charge is 2.23. The fraction of sp³-hybridized carbons (Fsp3) is 0.571. The van der Waals surface area contributed by atoms with Crippen molar-refractivity contribution in [1.29, 1.82) is 0 Å². The molecule has 0 atom stereocenters. The molecule has 0 aromatic heterocycles. The Labute approximate surface area is 191 Å². The Hall–Kier alpha value is -1.84. The van der Waals surface area contributed by atoms with Crippen molar-refractivity contribution in [1.82, 2.24) is 20.9 Å². The number of likely N-dealkylation sites (tertiary alicyclic amines) is 1. The average molecular weight is 515 g/mol. The van der Waals surface area contributed by atoms with E-state index >= 15 is 0 Å². The fourth-order valence-corrected chi connectivity index (χ4v) is 3.33. The average Bonchev–Trinajstić information content (AvgIpc) is 2.72. The van der Waals surface area contributed by atoms with Crippen LogP contribution in [0.25, 0.3) is 0 Å². The Bertz CT molecular complexity index is 670. The van der Waals surface area contributed by atoms with E-state index in [0.29, 0.717) is 31.0 Å². The topological polar surface area (TPSA) is 85.8 Å². The number of rotatable bonds is 7. The fourth-order valence-electron chi connectivity index (χ4n) is 3.33. The Morgan fingerprint density at radius 3 is 2.24 bits per heavy atom. The summed E-state index contributed by atoms with van der Waals surface area (Å²) >= 11 is 0. The maximum absolute atomic E-state index is 11.8. The molecule has 8 heteroatoms. The lowest BCUT2D eigenvalue weighted by Gasteiger charge is -2.34. The van der Waals surface area contributed by atoms with Crippen LogP contribution in [-0.4, -0.2) is 55.9 Å². The lowest BCUT2D eigenvalue weighted by atomic mass is 9.93. The van der Waals surface area contributed by atoms with Crippen molar-refractivity contribution in [2.75, 3.05) is 33.2 Å². The summed E-state index contributed by atoms with van der Waals surface area (Å²) in [6.45, 7) is 7.78. The van der Waals surface area contributed by atoms with Gasteiger partial charge in [-0.3, -0.25) is 9.59 Å². The number of amides is 2. The summed E-state index contributed by atoms with van der Waals surface area (Å²) in [6, 6.07) is 7.58. The molecule has 2 rings (SSSR count). The summed E-state index contributed by atoms with van der Waals surface area (Å²) in [7, 11) is 1.69. The molecular formula is C21H34IN5O2. The third-order valence-electron chi connectivity index (χ3n) is 4.97. The smallest absolute Gasteiger partial charge is 0.251 e. The number of guanidine groups is 1. The van der Waals surface area contributed by atoms with E-state index in [2.05, 4.69) is 27.8 Å². The number of aliphatic imine (C=N–C) groups is 1. The third kappa shape index (κ3) is 8.20. The molecule has 1 heterocycles. The molecule has 1 saturated heterocycles. The molecule has 0 aliphatic carbocycles. The maximum Gasteiger partial charge on any atom is 0.251 e. The highest BCUT2D eigenvalue weighted by Crippen LogP contribution is 2.20. The molecule has 7 nitrogen and oxygen atoms in total. The van der Waals surface area contributed by atoms with E-state index in [-0.39, 0.29) is 35.8 Å². The van der Waals surface area contributed by atoms with Gasteiger partial charge < -0.3 is 20.9 Å². The van der Waals surface area contributed by atoms with Crippen molar-refractivity contribution in [2.45, 2.75) is 39.7 Å². The van der Waals surface area contributed by atoms with Crippen molar-refractivity contribution in [2.24, 2.45) is 10.9 Å². The van der Waals surface area contributed by atoms with Crippen molar-refractivity contribution in [3.05, 3.63) is 35.4 Å². The van der Waals surface area contributed by atoms with E-state index in [9.17, 15) is 9.59 Å². The second-order valence-electron chi connectivity index (χ2n) is 7.03. The minimum Gasteiger partial charge on any atom is -0.359 e. The second-order valence-corrected chi connectivity index (χ2v) is 7.03. The molecule has 1 aromatic rings. The van der Waals surface area contributed by atoms with Gasteiger partial charge in [0, 0.05) is 45.2 Å². The number of nitrogens with one attached hydrogen (secondary N) is 3. The SMILES string of the molecule is CCNC(=O)c1ccc(CN=C(NCC)N2CCC(CC(=O)NC)CC2)cc1.I. The van der Waals surface area contributed by atoms with E-state index in [0.717, 1.165) is 44.0 Å². The summed E-state index contributed by atoms with van der Waals surface area (Å²) in [5.74, 6) is 1.43. The maximum atomic E-state index is 11.8. The van der Waals surface area contributed by atoms with E-state index in [4.69, 9.17) is 4.99 Å². The molecular weight excluding hydrogens is 481 g/mol. The first-order chi connectivity index (χ1) is 13.6. The van der Waals surface area contributed by atoms with Crippen LogP contribution in [0.15, 0.2) is 29.3 Å². The number of halogens is 1. The number of hydrogen-bond donors (Lipinski definition) is 3. The van der Waals surface area contributed by atoms with Gasteiger partial charge >= 0.3 is 0 Å². The highest BCUT2D eigenvalue weighted by molar-refractivity contribution is 14.0. The Morgan fingerprint density at radius 1 is 1.07 bits per heavy atom. The van der Waals surface area contributed by atoms with Gasteiger partial charge in [-0.05, 0) is 50.3 Å². The Morgan fingerprint density at radius 2 is 1.69 bits per heavy atom. The van der Waals surface area contributed by atoms with Gasteiger partial charge in [0.05, 0.1) is 6.54 Å². The van der Waals surface area contributed by atoms with Crippen LogP contribution in [-0.2, 0) is 11.3 Å². The van der Waals surface area contributed by atoms with Gasteiger partial charge in [0.25, 0.3) is 5.91 Å². The molecule has 0 radical (unpaired) electrons. The first-order valence-corrected chi connectivity index (χ1v) is 10.2. The van der Waals surface area contributed by atoms with Crippen LogP contribution in [0.4, 0.5) is 0 Å². The van der Waals surface area contributed by atoms with Crippen LogP contribution in [0.5, 0.6) is 0 Å². The third-order valence-corrected chi connectivity index (χ3v) is 4.97. The largest absolute Gasteiger partial charge is 0.359 e. The van der Waals surface area contributed by atoms with Crippen LogP contribution >= 0.6 is 24.0 Å². The van der Waals surface area contributed by atoms with E-state index in [1.165, 1.54) is 0 Å². The number of benzene rings is 1. The Balaban J connectivity index is 0.00000420. The van der Waals surface area contributed by atoms with Crippen LogP contribution in [0.1, 0.15) is 49.0 Å². The first-order valence-electron chi connectivity index (χ1n) is 10.2. The summed E-state index contributed by atoms with van der Waals surface area (Å²) in [6.07, 6.45) is 2.61. The van der Waals surface area contributed by atoms with Crippen LogP contribution < -0.4 is 16.0 Å². The quantitative estimate of drug-likeness (QED) is 0.296. The molecule has 1 aliphatic heterocycles. The van der Waals surface area contributed by atoms with Gasteiger partial charge in [-0.1, -0.05) is 12.1 Å². The molecule has 0 spiro atoms. The molecule has 162 valence electrons. The van der Waals surface area contributed by atoms with Crippen LogP contribution in [0, 0.1) is 5.92 Å². The molecule has 2 amide bonds. The van der Waals surface area contributed by atoms with Crippen molar-refractivity contribution < 1.29 is 9.59 Å². The number of nitrogens with zero attached hydrogens (tertiary/aromatic N) is 2. The zero-order valence-electron chi connectivity index (χ0n) is 17.7. The van der Waals surface area contributed by atoms with Gasteiger partial charge in [0.15, 0.2) is 5.96 Å². The normalized spacial score (nSPS) is 14.7. The number of carbonyl (C=O) groups is 2. The van der Waals surface area contributed by atoms with Gasteiger partial charge in [-0.15, -0.1) is 24.0 Å². The second kappa shape index (κ2) is 13.4. The monoisotopic (exact) mass is 515 g/mol. The summed E-state index contributed by atoms with van der Waals surface area (Å²) in [5, 5.41) is 8.88. The summed E-state index contributed by atoms with van der Waals surface area (Å²) < 4.78 is 0. The van der Waals surface area contributed by atoms with Gasteiger partial charge in [0.1, 0.15) is 0 Å². The van der Waals surface area contributed by atoms with Crippen LogP contribution in [0.3, 0.4) is 0 Å². The molecule has 1 fully saturated rings. The van der Waals surface area contributed by atoms with Crippen molar-refractivity contribution in [3.8, 4) is 0 Å². The molecule has 0 saturated carbocycles. The zero-order valence-corrected chi connectivity index (χ0v) is 20.0. The standard InChI is InChI=1S/C21H33N5O2.HI/c1-4-23-20(28)18-8-6-17(7-9-18)15-25-21(24-5-2)26-12-10-16(11-13-26)14-19(27)22-3;/h6-9,16H,4-5,10-15H2,1-3H3,(H,22,27)(H,23,28)(H,24,25);1H. The summed E-state index contributed by atoms with van der Waals surface area (Å²) in [5.41, 5.74) is 1.73. The molecule has 0 bridgehead atoms. The number of hydrogen-bond acceptors (Lipinski definition) is 3. The minimum absolute atomic E-state index is 0.